The van der Waals surface area contributed by atoms with E-state index in [9.17, 15) is 18.0 Å². The maximum atomic E-state index is 14.0. The van der Waals surface area contributed by atoms with Crippen LogP contribution in [0, 0.1) is 13.8 Å². The Hall–Kier alpha value is -3.30. The zero-order valence-electron chi connectivity index (χ0n) is 24.0. The quantitative estimate of drug-likeness (QED) is 0.283. The first-order valence-electron chi connectivity index (χ1n) is 13.3. The summed E-state index contributed by atoms with van der Waals surface area (Å²) in [4.78, 5) is 29.6. The number of carbonyl (C=O) groups is 2. The average molecular weight is 582 g/mol. The predicted molar refractivity (Wildman–Crippen MR) is 163 cm³/mol. The summed E-state index contributed by atoms with van der Waals surface area (Å²) in [5.74, 6) is -0.760. The van der Waals surface area contributed by atoms with Crippen LogP contribution in [0.1, 0.15) is 43.9 Å². The number of aryl methyl sites for hydroxylation is 2. The molecule has 3 aromatic rings. The van der Waals surface area contributed by atoms with Crippen molar-refractivity contribution in [3.63, 3.8) is 0 Å². The van der Waals surface area contributed by atoms with Crippen LogP contribution >= 0.6 is 11.8 Å². The van der Waals surface area contributed by atoms with E-state index in [4.69, 9.17) is 0 Å². The molecule has 214 valence electrons. The number of nitrogens with zero attached hydrogens (tertiary/aromatic N) is 2. The summed E-state index contributed by atoms with van der Waals surface area (Å²) in [7, 11) is -4.09. The lowest BCUT2D eigenvalue weighted by Crippen LogP contribution is -2.52. The van der Waals surface area contributed by atoms with Crippen LogP contribution in [0.2, 0.25) is 0 Å². The van der Waals surface area contributed by atoms with Gasteiger partial charge in [-0.25, -0.2) is 8.42 Å². The van der Waals surface area contributed by atoms with Gasteiger partial charge in [-0.1, -0.05) is 54.4 Å². The third-order valence-electron chi connectivity index (χ3n) is 6.89. The van der Waals surface area contributed by atoms with Crippen LogP contribution in [0.25, 0.3) is 0 Å². The third kappa shape index (κ3) is 7.88. The van der Waals surface area contributed by atoms with Gasteiger partial charge >= 0.3 is 0 Å². The van der Waals surface area contributed by atoms with Gasteiger partial charge in [-0.2, -0.15) is 0 Å². The maximum Gasteiger partial charge on any atom is 0.264 e. The Balaban J connectivity index is 2.01. The van der Waals surface area contributed by atoms with Crippen LogP contribution in [-0.2, 0) is 26.2 Å². The van der Waals surface area contributed by atoms with Gasteiger partial charge in [0, 0.05) is 17.5 Å². The molecule has 0 aliphatic carbocycles. The summed E-state index contributed by atoms with van der Waals surface area (Å²) in [5.41, 5.74) is 3.26. The third-order valence-corrected chi connectivity index (χ3v) is 9.42. The van der Waals surface area contributed by atoms with E-state index in [2.05, 4.69) is 5.32 Å². The molecule has 2 amide bonds. The molecule has 0 bridgehead atoms. The molecule has 0 saturated heterocycles. The smallest absolute Gasteiger partial charge is 0.264 e. The summed E-state index contributed by atoms with van der Waals surface area (Å²) >= 11 is 1.52. The second-order valence-corrected chi connectivity index (χ2v) is 12.8. The summed E-state index contributed by atoms with van der Waals surface area (Å²) in [6.45, 7) is 9.16. The van der Waals surface area contributed by atoms with E-state index < -0.39 is 28.5 Å². The molecule has 3 rings (SSSR count). The van der Waals surface area contributed by atoms with Gasteiger partial charge in [0.15, 0.2) is 0 Å². The van der Waals surface area contributed by atoms with Gasteiger partial charge in [-0.15, -0.1) is 11.8 Å². The number of anilines is 1. The minimum Gasteiger partial charge on any atom is -0.352 e. The minimum absolute atomic E-state index is 0.0556. The van der Waals surface area contributed by atoms with E-state index in [0.29, 0.717) is 5.69 Å². The Morgan fingerprint density at radius 3 is 1.95 bits per heavy atom. The lowest BCUT2D eigenvalue weighted by atomic mass is 10.1. The van der Waals surface area contributed by atoms with Crippen LogP contribution < -0.4 is 9.62 Å². The van der Waals surface area contributed by atoms with Gasteiger partial charge in [0.25, 0.3) is 10.0 Å². The molecule has 2 atom stereocenters. The number of hydrogen-bond donors (Lipinski definition) is 1. The van der Waals surface area contributed by atoms with Crippen molar-refractivity contribution in [3.05, 3.63) is 89.5 Å². The Kier molecular flexibility index (Phi) is 10.8. The van der Waals surface area contributed by atoms with E-state index >= 15 is 0 Å². The molecule has 0 unspecified atom stereocenters. The molecular formula is C31H39N3O4S2. The van der Waals surface area contributed by atoms with E-state index in [1.807, 2.05) is 70.3 Å². The number of sulfonamides is 1. The van der Waals surface area contributed by atoms with Crippen molar-refractivity contribution in [2.75, 3.05) is 17.1 Å². The predicted octanol–water partition coefficient (Wildman–Crippen LogP) is 5.55. The number of rotatable bonds is 12. The van der Waals surface area contributed by atoms with E-state index in [-0.39, 0.29) is 23.4 Å². The van der Waals surface area contributed by atoms with Crippen molar-refractivity contribution in [2.24, 2.45) is 0 Å². The normalized spacial score (nSPS) is 12.8. The van der Waals surface area contributed by atoms with Gasteiger partial charge in [0.1, 0.15) is 12.6 Å². The number of carbonyl (C=O) groups excluding carboxylic acids is 2. The first kappa shape index (κ1) is 31.2. The fourth-order valence-corrected chi connectivity index (χ4v) is 5.88. The first-order valence-corrected chi connectivity index (χ1v) is 16.0. The van der Waals surface area contributed by atoms with Gasteiger partial charge in [0.05, 0.1) is 10.6 Å². The Bertz CT molecular complexity index is 1390. The fraction of sp³-hybridized carbons (Fsp3) is 0.355. The molecule has 0 heterocycles. The van der Waals surface area contributed by atoms with Crippen LogP contribution in [0.5, 0.6) is 0 Å². The van der Waals surface area contributed by atoms with Gasteiger partial charge in [-0.05, 0) is 82.3 Å². The highest BCUT2D eigenvalue weighted by Gasteiger charge is 2.32. The number of hydrogen-bond acceptors (Lipinski definition) is 5. The minimum atomic E-state index is -4.09. The highest BCUT2D eigenvalue weighted by molar-refractivity contribution is 7.98. The Morgan fingerprint density at radius 1 is 0.875 bits per heavy atom. The molecule has 0 saturated carbocycles. The fourth-order valence-electron chi connectivity index (χ4n) is 4.05. The highest BCUT2D eigenvalue weighted by Crippen LogP contribution is 2.26. The number of benzene rings is 3. The van der Waals surface area contributed by atoms with Crippen molar-refractivity contribution in [1.82, 2.24) is 10.2 Å². The topological polar surface area (TPSA) is 86.8 Å². The second-order valence-electron chi connectivity index (χ2n) is 10.0. The molecule has 0 aromatic heterocycles. The Labute approximate surface area is 243 Å². The van der Waals surface area contributed by atoms with Gasteiger partial charge < -0.3 is 10.2 Å². The van der Waals surface area contributed by atoms with Crippen LogP contribution in [0.3, 0.4) is 0 Å². The molecule has 3 aromatic carbocycles. The molecule has 0 spiro atoms. The van der Waals surface area contributed by atoms with Gasteiger partial charge in [0.2, 0.25) is 11.8 Å². The summed E-state index contributed by atoms with van der Waals surface area (Å²) in [6.07, 6.45) is 2.67. The number of thioether (sulfide) groups is 1. The molecule has 7 nitrogen and oxygen atoms in total. The average Bonchev–Trinajstić information content (AvgIpc) is 2.95. The zero-order valence-corrected chi connectivity index (χ0v) is 25.7. The standard InChI is InChI=1S/C31H39N3O4S2/c1-7-24(4)32-31(36)25(5)33(20-26-12-8-22(2)9-13-26)30(35)21-34(27-14-10-23(3)11-15-27)40(37,38)29-18-16-28(39-6)17-19-29/h8-19,24-25H,7,20-21H2,1-6H3,(H,32,36)/t24-,25+/m1/s1. The van der Waals surface area contributed by atoms with Crippen molar-refractivity contribution in [1.29, 1.82) is 0 Å². The van der Waals surface area contributed by atoms with E-state index in [0.717, 1.165) is 32.3 Å². The van der Waals surface area contributed by atoms with Crippen LogP contribution in [-0.4, -0.2) is 50.0 Å². The molecular weight excluding hydrogens is 542 g/mol. The summed E-state index contributed by atoms with van der Waals surface area (Å²) < 4.78 is 29.0. The maximum absolute atomic E-state index is 14.0. The number of nitrogens with one attached hydrogen (secondary N) is 1. The zero-order chi connectivity index (χ0) is 29.4. The molecule has 0 aliphatic rings. The number of amides is 2. The second kappa shape index (κ2) is 13.9. The molecule has 1 N–H and O–H groups in total. The lowest BCUT2D eigenvalue weighted by molar-refractivity contribution is -0.139. The van der Waals surface area contributed by atoms with Crippen molar-refractivity contribution in [3.8, 4) is 0 Å². The Morgan fingerprint density at radius 2 is 1.43 bits per heavy atom. The van der Waals surface area contributed by atoms with Crippen LogP contribution in [0.4, 0.5) is 5.69 Å². The lowest BCUT2D eigenvalue weighted by Gasteiger charge is -2.32. The SMILES string of the molecule is CC[C@@H](C)NC(=O)[C@H](C)N(Cc1ccc(C)cc1)C(=O)CN(c1ccc(C)cc1)S(=O)(=O)c1ccc(SC)cc1. The largest absolute Gasteiger partial charge is 0.352 e. The van der Waals surface area contributed by atoms with Crippen molar-refractivity contribution < 1.29 is 18.0 Å². The molecule has 0 fully saturated rings. The molecule has 0 radical (unpaired) electrons. The van der Waals surface area contributed by atoms with E-state index in [1.54, 1.807) is 43.3 Å². The first-order chi connectivity index (χ1) is 19.0. The molecule has 40 heavy (non-hydrogen) atoms. The summed E-state index contributed by atoms with van der Waals surface area (Å²) in [5, 5.41) is 2.95. The van der Waals surface area contributed by atoms with Crippen molar-refractivity contribution >= 4 is 39.3 Å². The molecule has 0 aliphatic heterocycles. The monoisotopic (exact) mass is 581 g/mol. The highest BCUT2D eigenvalue weighted by atomic mass is 32.2. The molecule has 9 heteroatoms. The van der Waals surface area contributed by atoms with Crippen LogP contribution in [0.15, 0.2) is 82.6 Å². The van der Waals surface area contributed by atoms with E-state index in [1.165, 1.54) is 16.7 Å². The van der Waals surface area contributed by atoms with Gasteiger partial charge in [-0.3, -0.25) is 13.9 Å². The summed E-state index contributed by atoms with van der Waals surface area (Å²) in [6, 6.07) is 20.5. The van der Waals surface area contributed by atoms with Crippen molar-refractivity contribution in [2.45, 2.75) is 69.5 Å².